The van der Waals surface area contributed by atoms with E-state index in [0.29, 0.717) is 6.54 Å². The molecule has 1 aliphatic heterocycles. The maximum atomic E-state index is 12.0. The number of hydrogen-bond donors (Lipinski definition) is 2. The Morgan fingerprint density at radius 3 is 3.05 bits per heavy atom. The summed E-state index contributed by atoms with van der Waals surface area (Å²) < 4.78 is 26.7. The van der Waals surface area contributed by atoms with Crippen LogP contribution in [0.2, 0.25) is 0 Å². The average Bonchev–Trinajstić information content (AvgIpc) is 2.38. The van der Waals surface area contributed by atoms with Crippen LogP contribution in [0.1, 0.15) is 24.0 Å². The summed E-state index contributed by atoms with van der Waals surface area (Å²) in [5.74, 6) is 0.431. The van der Waals surface area contributed by atoms with Gasteiger partial charge in [0.1, 0.15) is 0 Å². The highest BCUT2D eigenvalue weighted by Gasteiger charge is 2.20. The van der Waals surface area contributed by atoms with Crippen LogP contribution in [0.15, 0.2) is 18.5 Å². The number of pyridine rings is 1. The van der Waals surface area contributed by atoms with E-state index in [9.17, 15) is 8.42 Å². The number of piperidine rings is 1. The van der Waals surface area contributed by atoms with Crippen LogP contribution < -0.4 is 10.0 Å². The van der Waals surface area contributed by atoms with Crippen molar-refractivity contribution in [2.45, 2.75) is 26.3 Å². The van der Waals surface area contributed by atoms with Gasteiger partial charge in [-0.25, -0.2) is 13.1 Å². The molecule has 19 heavy (non-hydrogen) atoms. The number of sulfonamides is 1. The van der Waals surface area contributed by atoms with Crippen molar-refractivity contribution < 1.29 is 8.42 Å². The Morgan fingerprint density at radius 2 is 2.37 bits per heavy atom. The molecule has 1 saturated heterocycles. The van der Waals surface area contributed by atoms with E-state index in [2.05, 4.69) is 15.0 Å². The molecule has 0 radical (unpaired) electrons. The van der Waals surface area contributed by atoms with E-state index >= 15 is 0 Å². The maximum Gasteiger partial charge on any atom is 0.212 e. The molecule has 0 spiro atoms. The topological polar surface area (TPSA) is 71.1 Å². The first kappa shape index (κ1) is 14.4. The standard InChI is InChI=1S/C13H21N3O2S/c1-11-4-6-15-8-13(11)9-16-19(17,18)10-12-3-2-5-14-7-12/h4,6,8,12,14,16H,2-3,5,7,9-10H2,1H3. The van der Waals surface area contributed by atoms with Crippen LogP contribution in [0, 0.1) is 12.8 Å². The minimum Gasteiger partial charge on any atom is -0.316 e. The largest absolute Gasteiger partial charge is 0.316 e. The molecular formula is C13H21N3O2S. The first-order valence-corrected chi connectivity index (χ1v) is 8.29. The molecule has 1 unspecified atom stereocenters. The molecule has 6 heteroatoms. The zero-order chi connectivity index (χ0) is 13.7. The Morgan fingerprint density at radius 1 is 1.53 bits per heavy atom. The molecule has 0 amide bonds. The predicted molar refractivity (Wildman–Crippen MR) is 75.2 cm³/mol. The number of aromatic nitrogens is 1. The van der Waals surface area contributed by atoms with Gasteiger partial charge in [0, 0.05) is 18.9 Å². The fraction of sp³-hybridized carbons (Fsp3) is 0.615. The zero-order valence-electron chi connectivity index (χ0n) is 11.2. The lowest BCUT2D eigenvalue weighted by Crippen LogP contribution is -2.37. The van der Waals surface area contributed by atoms with Crippen LogP contribution in [-0.2, 0) is 16.6 Å². The van der Waals surface area contributed by atoms with Gasteiger partial charge >= 0.3 is 0 Å². The van der Waals surface area contributed by atoms with Gasteiger partial charge in [-0.1, -0.05) is 0 Å². The van der Waals surface area contributed by atoms with E-state index in [-0.39, 0.29) is 11.7 Å². The molecule has 1 atom stereocenters. The van der Waals surface area contributed by atoms with Crippen molar-refractivity contribution in [3.05, 3.63) is 29.6 Å². The fourth-order valence-corrected chi connectivity index (χ4v) is 3.70. The smallest absolute Gasteiger partial charge is 0.212 e. The van der Waals surface area contributed by atoms with Crippen molar-refractivity contribution in [1.82, 2.24) is 15.0 Å². The molecule has 1 aliphatic rings. The zero-order valence-corrected chi connectivity index (χ0v) is 12.0. The van der Waals surface area contributed by atoms with Crippen LogP contribution in [0.25, 0.3) is 0 Å². The summed E-state index contributed by atoms with van der Waals surface area (Å²) in [4.78, 5) is 4.02. The number of nitrogens with zero attached hydrogens (tertiary/aromatic N) is 1. The lowest BCUT2D eigenvalue weighted by molar-refractivity contribution is 0.402. The van der Waals surface area contributed by atoms with Crippen LogP contribution in [0.5, 0.6) is 0 Å². The van der Waals surface area contributed by atoms with Crippen LogP contribution in [-0.4, -0.2) is 32.2 Å². The van der Waals surface area contributed by atoms with Gasteiger partial charge in [0.05, 0.1) is 5.75 Å². The van der Waals surface area contributed by atoms with Crippen molar-refractivity contribution in [2.24, 2.45) is 5.92 Å². The van der Waals surface area contributed by atoms with Gasteiger partial charge in [0.25, 0.3) is 0 Å². The van der Waals surface area contributed by atoms with E-state index < -0.39 is 10.0 Å². The lowest BCUT2D eigenvalue weighted by Gasteiger charge is -2.22. The van der Waals surface area contributed by atoms with Crippen molar-refractivity contribution in [3.63, 3.8) is 0 Å². The molecular weight excluding hydrogens is 262 g/mol. The van der Waals surface area contributed by atoms with Crippen molar-refractivity contribution in [1.29, 1.82) is 0 Å². The average molecular weight is 283 g/mol. The lowest BCUT2D eigenvalue weighted by atomic mass is 10.0. The Balaban J connectivity index is 1.88. The highest BCUT2D eigenvalue weighted by Crippen LogP contribution is 2.12. The first-order chi connectivity index (χ1) is 9.07. The monoisotopic (exact) mass is 283 g/mol. The molecule has 1 aromatic heterocycles. The fourth-order valence-electron chi connectivity index (χ4n) is 2.30. The molecule has 0 bridgehead atoms. The predicted octanol–water partition coefficient (Wildman–Crippen LogP) is 0.809. The van der Waals surface area contributed by atoms with E-state index in [1.54, 1.807) is 12.4 Å². The number of aryl methyl sites for hydroxylation is 1. The van der Waals surface area contributed by atoms with E-state index in [1.165, 1.54) is 0 Å². The highest BCUT2D eigenvalue weighted by molar-refractivity contribution is 7.89. The third kappa shape index (κ3) is 4.56. The second-order valence-electron chi connectivity index (χ2n) is 5.12. The molecule has 0 aliphatic carbocycles. The minimum atomic E-state index is -3.21. The van der Waals surface area contributed by atoms with E-state index in [1.807, 2.05) is 13.0 Å². The Labute approximate surface area is 114 Å². The van der Waals surface area contributed by atoms with E-state index in [0.717, 1.165) is 37.1 Å². The van der Waals surface area contributed by atoms with Gasteiger partial charge in [0.2, 0.25) is 10.0 Å². The maximum absolute atomic E-state index is 12.0. The quantitative estimate of drug-likeness (QED) is 0.839. The molecule has 2 N–H and O–H groups in total. The van der Waals surface area contributed by atoms with Crippen molar-refractivity contribution in [3.8, 4) is 0 Å². The second-order valence-corrected chi connectivity index (χ2v) is 6.97. The molecule has 1 fully saturated rings. The summed E-state index contributed by atoms with van der Waals surface area (Å²) in [5.41, 5.74) is 1.98. The van der Waals surface area contributed by atoms with Crippen LogP contribution in [0.4, 0.5) is 0 Å². The van der Waals surface area contributed by atoms with Gasteiger partial charge in [-0.3, -0.25) is 4.98 Å². The summed E-state index contributed by atoms with van der Waals surface area (Å²) in [6.07, 6.45) is 5.46. The van der Waals surface area contributed by atoms with Crippen molar-refractivity contribution in [2.75, 3.05) is 18.8 Å². The van der Waals surface area contributed by atoms with E-state index in [4.69, 9.17) is 0 Å². The Kier molecular flexibility index (Phi) is 4.90. The number of hydrogen-bond acceptors (Lipinski definition) is 4. The van der Waals surface area contributed by atoms with Gasteiger partial charge in [-0.2, -0.15) is 0 Å². The molecule has 5 nitrogen and oxygen atoms in total. The third-order valence-electron chi connectivity index (χ3n) is 3.48. The second kappa shape index (κ2) is 6.45. The van der Waals surface area contributed by atoms with Gasteiger partial charge in [-0.05, 0) is 56.0 Å². The normalized spacial score (nSPS) is 20.4. The van der Waals surface area contributed by atoms with Gasteiger partial charge in [0.15, 0.2) is 0 Å². The highest BCUT2D eigenvalue weighted by atomic mass is 32.2. The summed E-state index contributed by atoms with van der Waals surface area (Å²) >= 11 is 0. The third-order valence-corrected chi connectivity index (χ3v) is 4.98. The van der Waals surface area contributed by atoms with Crippen LogP contribution >= 0.6 is 0 Å². The van der Waals surface area contributed by atoms with Gasteiger partial charge in [-0.15, -0.1) is 0 Å². The number of rotatable bonds is 5. The summed E-state index contributed by atoms with van der Waals surface area (Å²) in [7, 11) is -3.21. The molecule has 1 aromatic rings. The molecule has 0 aromatic carbocycles. The summed E-state index contributed by atoms with van der Waals surface area (Å²) in [6, 6.07) is 1.88. The Hall–Kier alpha value is -0.980. The number of nitrogens with one attached hydrogen (secondary N) is 2. The first-order valence-electron chi connectivity index (χ1n) is 6.64. The molecule has 2 rings (SSSR count). The summed E-state index contributed by atoms with van der Waals surface area (Å²) in [5, 5.41) is 3.24. The molecule has 0 saturated carbocycles. The minimum absolute atomic E-state index is 0.208. The summed E-state index contributed by atoms with van der Waals surface area (Å²) in [6.45, 7) is 4.07. The molecule has 106 valence electrons. The van der Waals surface area contributed by atoms with Crippen molar-refractivity contribution >= 4 is 10.0 Å². The molecule has 2 heterocycles. The Bertz CT molecular complexity index is 510. The van der Waals surface area contributed by atoms with Gasteiger partial charge < -0.3 is 5.32 Å². The van der Waals surface area contributed by atoms with Crippen LogP contribution in [0.3, 0.4) is 0 Å². The SMILES string of the molecule is Cc1ccncc1CNS(=O)(=O)CC1CCCNC1.